The average Bonchev–Trinajstić information content (AvgIpc) is 3.05. The number of imide groups is 1. The van der Waals surface area contributed by atoms with Crippen LogP contribution < -0.4 is 9.64 Å². The van der Waals surface area contributed by atoms with E-state index in [1.54, 1.807) is 7.11 Å². The largest absolute Gasteiger partial charge is 0.497 e. The number of carbonyl (C=O) groups is 2. The van der Waals surface area contributed by atoms with Crippen molar-refractivity contribution in [1.82, 2.24) is 9.80 Å². The first-order valence-electron chi connectivity index (χ1n) is 11.1. The Labute approximate surface area is 190 Å². The predicted octanol–water partition coefficient (Wildman–Crippen LogP) is 3.62. The molecule has 1 fully saturated rings. The zero-order valence-corrected chi connectivity index (χ0v) is 19.5. The molecule has 0 aromatic heterocycles. The van der Waals surface area contributed by atoms with Crippen LogP contribution in [0.4, 0.5) is 5.69 Å². The first kappa shape index (κ1) is 22.1. The van der Waals surface area contributed by atoms with Gasteiger partial charge in [0.2, 0.25) is 0 Å². The molecule has 0 saturated carbocycles. The van der Waals surface area contributed by atoms with E-state index in [4.69, 9.17) is 4.74 Å². The van der Waals surface area contributed by atoms with Gasteiger partial charge in [-0.25, -0.2) is 4.90 Å². The highest BCUT2D eigenvalue weighted by Gasteiger charge is 2.43. The molecular formula is C26H31N3O3. The Kier molecular flexibility index (Phi) is 6.07. The molecule has 0 radical (unpaired) electrons. The molecule has 32 heavy (non-hydrogen) atoms. The Bertz CT molecular complexity index is 1070. The van der Waals surface area contributed by atoms with Crippen LogP contribution in [0.1, 0.15) is 29.5 Å². The van der Waals surface area contributed by atoms with Gasteiger partial charge in [-0.2, -0.15) is 0 Å². The van der Waals surface area contributed by atoms with Crippen LogP contribution in [0.5, 0.6) is 5.75 Å². The van der Waals surface area contributed by atoms with Gasteiger partial charge in [-0.1, -0.05) is 24.3 Å². The molecule has 0 atom stereocenters. The van der Waals surface area contributed by atoms with Crippen molar-refractivity contribution < 1.29 is 14.3 Å². The van der Waals surface area contributed by atoms with Crippen LogP contribution in [0, 0.1) is 13.8 Å². The third kappa shape index (κ3) is 3.91. The van der Waals surface area contributed by atoms with E-state index in [1.807, 2.05) is 68.3 Å². The highest BCUT2D eigenvalue weighted by molar-refractivity contribution is 6.45. The van der Waals surface area contributed by atoms with Crippen LogP contribution in [0.15, 0.2) is 48.2 Å². The van der Waals surface area contributed by atoms with E-state index in [2.05, 4.69) is 11.9 Å². The van der Waals surface area contributed by atoms with Crippen LogP contribution >= 0.6 is 0 Å². The normalized spacial score (nSPS) is 18.0. The first-order valence-corrected chi connectivity index (χ1v) is 11.1. The van der Waals surface area contributed by atoms with Crippen molar-refractivity contribution in [2.45, 2.75) is 32.7 Å². The standard InChI is InChI=1S/C26H31N3O3/c1-17-6-7-18(2)22(16-17)29-25(30)23(19-8-10-21(32-5)11-9-19)24(26(29)31)28(4)20-12-14-27(3)15-13-20/h6-11,16,20H,12-15H2,1-5H3. The van der Waals surface area contributed by atoms with Gasteiger partial charge in [0.25, 0.3) is 11.8 Å². The molecule has 1 saturated heterocycles. The Morgan fingerprint density at radius 3 is 2.25 bits per heavy atom. The Balaban J connectivity index is 1.81. The number of likely N-dealkylation sites (tertiary alicyclic amines) is 1. The third-order valence-electron chi connectivity index (χ3n) is 6.63. The second-order valence-electron chi connectivity index (χ2n) is 8.83. The molecule has 0 bridgehead atoms. The second-order valence-corrected chi connectivity index (χ2v) is 8.83. The monoisotopic (exact) mass is 433 g/mol. The van der Waals surface area contributed by atoms with Gasteiger partial charge in [0.1, 0.15) is 11.4 Å². The molecule has 168 valence electrons. The van der Waals surface area contributed by atoms with E-state index in [1.165, 1.54) is 4.90 Å². The number of piperidine rings is 1. The second kappa shape index (κ2) is 8.79. The van der Waals surface area contributed by atoms with E-state index < -0.39 is 0 Å². The summed E-state index contributed by atoms with van der Waals surface area (Å²) in [6.07, 6.45) is 1.91. The summed E-state index contributed by atoms with van der Waals surface area (Å²) in [7, 11) is 5.68. The summed E-state index contributed by atoms with van der Waals surface area (Å²) in [6, 6.07) is 13.4. The molecule has 2 aromatic rings. The molecule has 0 unspecified atom stereocenters. The highest BCUT2D eigenvalue weighted by Crippen LogP contribution is 2.37. The predicted molar refractivity (Wildman–Crippen MR) is 127 cm³/mol. The first-order chi connectivity index (χ1) is 15.3. The summed E-state index contributed by atoms with van der Waals surface area (Å²) in [5, 5.41) is 0. The number of hydrogen-bond acceptors (Lipinski definition) is 5. The Hall–Kier alpha value is -3.12. The summed E-state index contributed by atoms with van der Waals surface area (Å²) in [5.41, 5.74) is 4.23. The number of carbonyl (C=O) groups excluding carboxylic acids is 2. The number of methoxy groups -OCH3 is 1. The molecule has 0 spiro atoms. The molecular weight excluding hydrogens is 402 g/mol. The van der Waals surface area contributed by atoms with Crippen LogP contribution in [-0.2, 0) is 9.59 Å². The molecule has 6 nitrogen and oxygen atoms in total. The van der Waals surface area contributed by atoms with E-state index in [-0.39, 0.29) is 17.9 Å². The SMILES string of the molecule is COc1ccc(C2=C(N(C)C3CCN(C)CC3)C(=O)N(c3cc(C)ccc3C)C2=O)cc1. The fourth-order valence-electron chi connectivity index (χ4n) is 4.61. The number of anilines is 1. The summed E-state index contributed by atoms with van der Waals surface area (Å²) in [4.78, 5) is 33.3. The van der Waals surface area contributed by atoms with Crippen molar-refractivity contribution in [2.75, 3.05) is 39.2 Å². The topological polar surface area (TPSA) is 53.1 Å². The lowest BCUT2D eigenvalue weighted by molar-refractivity contribution is -0.120. The zero-order valence-electron chi connectivity index (χ0n) is 19.5. The van der Waals surface area contributed by atoms with Crippen molar-refractivity contribution in [3.63, 3.8) is 0 Å². The van der Waals surface area contributed by atoms with Crippen LogP contribution in [0.25, 0.3) is 5.57 Å². The lowest BCUT2D eigenvalue weighted by atomic mass is 10.00. The van der Waals surface area contributed by atoms with E-state index in [0.717, 1.165) is 42.6 Å². The molecule has 0 aliphatic carbocycles. The van der Waals surface area contributed by atoms with Crippen LogP contribution in [0.2, 0.25) is 0 Å². The van der Waals surface area contributed by atoms with Gasteiger partial charge in [-0.15, -0.1) is 0 Å². The molecule has 2 aliphatic heterocycles. The maximum absolute atomic E-state index is 13.8. The van der Waals surface area contributed by atoms with Crippen molar-refractivity contribution in [1.29, 1.82) is 0 Å². The average molecular weight is 434 g/mol. The molecule has 2 heterocycles. The van der Waals surface area contributed by atoms with Gasteiger partial charge in [0.05, 0.1) is 18.4 Å². The molecule has 2 aromatic carbocycles. The maximum atomic E-state index is 13.8. The number of aryl methyl sites for hydroxylation is 2. The van der Waals surface area contributed by atoms with Gasteiger partial charge in [0.15, 0.2) is 0 Å². The summed E-state index contributed by atoms with van der Waals surface area (Å²) in [5.74, 6) is 0.183. The number of ether oxygens (including phenoxy) is 1. The van der Waals surface area contributed by atoms with E-state index in [9.17, 15) is 9.59 Å². The Morgan fingerprint density at radius 1 is 0.969 bits per heavy atom. The van der Waals surface area contributed by atoms with Crippen LogP contribution in [-0.4, -0.2) is 62.0 Å². The minimum Gasteiger partial charge on any atom is -0.497 e. The minimum absolute atomic E-state index is 0.213. The van der Waals surface area contributed by atoms with Gasteiger partial charge < -0.3 is 14.5 Å². The fourth-order valence-corrected chi connectivity index (χ4v) is 4.61. The van der Waals surface area contributed by atoms with Crippen molar-refractivity contribution in [3.8, 4) is 5.75 Å². The van der Waals surface area contributed by atoms with E-state index in [0.29, 0.717) is 22.7 Å². The summed E-state index contributed by atoms with van der Waals surface area (Å²) in [6.45, 7) is 5.85. The number of rotatable bonds is 5. The lowest BCUT2D eigenvalue weighted by Crippen LogP contribution is -2.43. The van der Waals surface area contributed by atoms with Gasteiger partial charge >= 0.3 is 0 Å². The van der Waals surface area contributed by atoms with E-state index >= 15 is 0 Å². The quantitative estimate of drug-likeness (QED) is 0.674. The van der Waals surface area contributed by atoms with Gasteiger partial charge in [-0.3, -0.25) is 9.59 Å². The van der Waals surface area contributed by atoms with Crippen molar-refractivity contribution in [3.05, 3.63) is 64.9 Å². The van der Waals surface area contributed by atoms with Gasteiger partial charge in [0, 0.05) is 13.1 Å². The van der Waals surface area contributed by atoms with Gasteiger partial charge in [-0.05, 0) is 81.7 Å². The molecule has 2 amide bonds. The summed E-state index contributed by atoms with van der Waals surface area (Å²) >= 11 is 0. The number of nitrogens with zero attached hydrogens (tertiary/aromatic N) is 3. The fraction of sp³-hybridized carbons (Fsp3) is 0.385. The zero-order chi connectivity index (χ0) is 23.0. The Morgan fingerprint density at radius 2 is 1.62 bits per heavy atom. The molecule has 2 aliphatic rings. The highest BCUT2D eigenvalue weighted by atomic mass is 16.5. The number of amides is 2. The van der Waals surface area contributed by atoms with Crippen molar-refractivity contribution in [2.24, 2.45) is 0 Å². The third-order valence-corrected chi connectivity index (χ3v) is 6.63. The summed E-state index contributed by atoms with van der Waals surface area (Å²) < 4.78 is 5.29. The smallest absolute Gasteiger partial charge is 0.282 e. The number of hydrogen-bond donors (Lipinski definition) is 0. The molecule has 4 rings (SSSR count). The molecule has 0 N–H and O–H groups in total. The van der Waals surface area contributed by atoms with Crippen molar-refractivity contribution >= 4 is 23.1 Å². The molecule has 6 heteroatoms. The minimum atomic E-state index is -0.274. The number of likely N-dealkylation sites (N-methyl/N-ethyl adjacent to an activating group) is 1. The lowest BCUT2D eigenvalue weighted by Gasteiger charge is -2.36. The van der Waals surface area contributed by atoms with Crippen LogP contribution in [0.3, 0.4) is 0 Å². The number of benzene rings is 2. The maximum Gasteiger partial charge on any atom is 0.282 e.